The number of nitro groups is 1. The Kier molecular flexibility index (Phi) is 4.95. The van der Waals surface area contributed by atoms with Gasteiger partial charge in [-0.15, -0.1) is 0 Å². The zero-order valence-corrected chi connectivity index (χ0v) is 11.6. The predicted octanol–water partition coefficient (Wildman–Crippen LogP) is 3.34. The number of unbranched alkanes of at least 4 members (excludes halogenated alkanes) is 1. The van der Waals surface area contributed by atoms with Gasteiger partial charge in [-0.1, -0.05) is 11.6 Å². The Morgan fingerprint density at radius 2 is 2.25 bits per heavy atom. The summed E-state index contributed by atoms with van der Waals surface area (Å²) in [5.41, 5.74) is 0.723. The molecule has 1 N–H and O–H groups in total. The van der Waals surface area contributed by atoms with Crippen molar-refractivity contribution in [3.05, 3.63) is 52.1 Å². The number of nitro benzene ring substituents is 1. The highest BCUT2D eigenvalue weighted by atomic mass is 35.5. The highest BCUT2D eigenvalue weighted by Gasteiger charge is 2.08. The van der Waals surface area contributed by atoms with Gasteiger partial charge in [0.2, 0.25) is 0 Å². The lowest BCUT2D eigenvalue weighted by Crippen LogP contribution is -2.04. The maximum absolute atomic E-state index is 10.6. The largest absolute Gasteiger partial charge is 0.384 e. The Bertz CT molecular complexity index is 572. The second kappa shape index (κ2) is 6.91. The first-order chi connectivity index (χ1) is 9.66. The van der Waals surface area contributed by atoms with Crippen molar-refractivity contribution in [3.63, 3.8) is 0 Å². The molecule has 0 atom stereocenters. The Morgan fingerprint density at radius 1 is 1.40 bits per heavy atom. The highest BCUT2D eigenvalue weighted by Crippen LogP contribution is 2.26. The second-order valence-corrected chi connectivity index (χ2v) is 4.76. The molecule has 0 bridgehead atoms. The van der Waals surface area contributed by atoms with Crippen molar-refractivity contribution >= 4 is 23.0 Å². The van der Waals surface area contributed by atoms with Gasteiger partial charge in [-0.2, -0.15) is 0 Å². The van der Waals surface area contributed by atoms with Crippen LogP contribution >= 0.6 is 11.6 Å². The molecular weight excluding hydrogens is 280 g/mol. The van der Waals surface area contributed by atoms with Gasteiger partial charge in [0.15, 0.2) is 0 Å². The van der Waals surface area contributed by atoms with Crippen molar-refractivity contribution in [2.75, 3.05) is 11.9 Å². The summed E-state index contributed by atoms with van der Waals surface area (Å²) in [6.45, 7) is 1.70. The van der Waals surface area contributed by atoms with Crippen LogP contribution in [-0.4, -0.2) is 21.0 Å². The fraction of sp³-hybridized carbons (Fsp3) is 0.308. The molecule has 2 aromatic rings. The monoisotopic (exact) mass is 294 g/mol. The summed E-state index contributed by atoms with van der Waals surface area (Å²) in [6.07, 6.45) is 7.48. The summed E-state index contributed by atoms with van der Waals surface area (Å²) < 4.78 is 2.03. The lowest BCUT2D eigenvalue weighted by Gasteiger charge is -2.08. The molecule has 0 saturated carbocycles. The Hall–Kier alpha value is -2.08. The van der Waals surface area contributed by atoms with Crippen LogP contribution < -0.4 is 5.32 Å². The van der Waals surface area contributed by atoms with Crippen LogP contribution in [0.2, 0.25) is 5.02 Å². The molecule has 0 spiro atoms. The van der Waals surface area contributed by atoms with E-state index in [2.05, 4.69) is 10.3 Å². The highest BCUT2D eigenvalue weighted by molar-refractivity contribution is 6.33. The van der Waals surface area contributed by atoms with Crippen molar-refractivity contribution in [3.8, 4) is 0 Å². The van der Waals surface area contributed by atoms with E-state index in [0.717, 1.165) is 31.6 Å². The SMILES string of the molecule is O=[N+]([O-])c1ccc(NCCCCn2ccnc2)c(Cl)c1. The Labute approximate surface area is 121 Å². The minimum Gasteiger partial charge on any atom is -0.384 e. The number of rotatable bonds is 7. The lowest BCUT2D eigenvalue weighted by atomic mass is 10.2. The molecule has 0 aliphatic heterocycles. The van der Waals surface area contributed by atoms with Crippen LogP contribution in [0.1, 0.15) is 12.8 Å². The van der Waals surface area contributed by atoms with Gasteiger partial charge in [-0.25, -0.2) is 4.98 Å². The van der Waals surface area contributed by atoms with Crippen molar-refractivity contribution in [2.45, 2.75) is 19.4 Å². The van der Waals surface area contributed by atoms with Crippen LogP contribution in [0.3, 0.4) is 0 Å². The number of hydrogen-bond donors (Lipinski definition) is 1. The standard InChI is InChI=1S/C13H15ClN4O2/c14-12-9-11(18(19)20)3-4-13(12)16-5-1-2-7-17-8-6-15-10-17/h3-4,6,8-10,16H,1-2,5,7H2. The van der Waals surface area contributed by atoms with Crippen LogP contribution in [0.15, 0.2) is 36.9 Å². The summed E-state index contributed by atoms with van der Waals surface area (Å²) >= 11 is 5.99. The van der Waals surface area contributed by atoms with Gasteiger partial charge < -0.3 is 9.88 Å². The van der Waals surface area contributed by atoms with Crippen LogP contribution in [0.5, 0.6) is 0 Å². The molecule has 1 aromatic carbocycles. The van der Waals surface area contributed by atoms with E-state index in [1.807, 2.05) is 10.8 Å². The van der Waals surface area contributed by atoms with Gasteiger partial charge in [0.05, 0.1) is 22.0 Å². The average Bonchev–Trinajstić information content (AvgIpc) is 2.93. The number of benzene rings is 1. The Balaban J connectivity index is 1.75. The number of non-ortho nitro benzene ring substituents is 1. The molecule has 0 fully saturated rings. The molecule has 2 rings (SSSR count). The first-order valence-electron chi connectivity index (χ1n) is 6.30. The van der Waals surface area contributed by atoms with Gasteiger partial charge in [0.1, 0.15) is 0 Å². The van der Waals surface area contributed by atoms with Gasteiger partial charge in [0, 0.05) is 37.6 Å². The molecule has 0 radical (unpaired) electrons. The van der Waals surface area contributed by atoms with E-state index in [1.54, 1.807) is 18.6 Å². The van der Waals surface area contributed by atoms with E-state index in [1.165, 1.54) is 12.1 Å². The average molecular weight is 295 g/mol. The van der Waals surface area contributed by atoms with E-state index >= 15 is 0 Å². The third-order valence-electron chi connectivity index (χ3n) is 2.88. The number of halogens is 1. The number of aryl methyl sites for hydroxylation is 1. The molecule has 1 aromatic heterocycles. The topological polar surface area (TPSA) is 73.0 Å². The van der Waals surface area contributed by atoms with E-state index in [9.17, 15) is 10.1 Å². The van der Waals surface area contributed by atoms with Gasteiger partial charge >= 0.3 is 0 Å². The molecule has 0 amide bonds. The number of hydrogen-bond acceptors (Lipinski definition) is 4. The number of imidazole rings is 1. The molecule has 1 heterocycles. The molecule has 0 saturated heterocycles. The summed E-state index contributed by atoms with van der Waals surface area (Å²) in [5, 5.41) is 14.1. The molecule has 20 heavy (non-hydrogen) atoms. The van der Waals surface area contributed by atoms with Crippen LogP contribution in [0, 0.1) is 10.1 Å². The quantitative estimate of drug-likeness (QED) is 0.483. The maximum Gasteiger partial charge on any atom is 0.271 e. The van der Waals surface area contributed by atoms with Gasteiger partial charge in [-0.3, -0.25) is 10.1 Å². The fourth-order valence-corrected chi connectivity index (χ4v) is 2.06. The smallest absolute Gasteiger partial charge is 0.271 e. The van der Waals surface area contributed by atoms with Crippen molar-refractivity contribution in [1.82, 2.24) is 9.55 Å². The molecule has 0 aliphatic rings. The zero-order valence-electron chi connectivity index (χ0n) is 10.8. The summed E-state index contributed by atoms with van der Waals surface area (Å²) in [6, 6.07) is 4.44. The summed E-state index contributed by atoms with van der Waals surface area (Å²) in [5.74, 6) is 0. The van der Waals surface area contributed by atoms with E-state index in [0.29, 0.717) is 5.02 Å². The summed E-state index contributed by atoms with van der Waals surface area (Å²) in [4.78, 5) is 14.1. The van der Waals surface area contributed by atoms with Crippen molar-refractivity contribution in [2.24, 2.45) is 0 Å². The Morgan fingerprint density at radius 3 is 2.90 bits per heavy atom. The molecular formula is C13H15ClN4O2. The molecule has 7 heteroatoms. The number of nitrogens with one attached hydrogen (secondary N) is 1. The first kappa shape index (κ1) is 14.3. The van der Waals surface area contributed by atoms with E-state index in [-0.39, 0.29) is 5.69 Å². The zero-order chi connectivity index (χ0) is 14.4. The predicted molar refractivity (Wildman–Crippen MR) is 78.1 cm³/mol. The van der Waals surface area contributed by atoms with Gasteiger partial charge in [0.25, 0.3) is 5.69 Å². The molecule has 6 nitrogen and oxygen atoms in total. The minimum atomic E-state index is -0.458. The third kappa shape index (κ3) is 3.96. The molecule has 0 aliphatic carbocycles. The number of nitrogens with zero attached hydrogens (tertiary/aromatic N) is 3. The van der Waals surface area contributed by atoms with Crippen molar-refractivity contribution < 1.29 is 4.92 Å². The first-order valence-corrected chi connectivity index (χ1v) is 6.68. The summed E-state index contributed by atoms with van der Waals surface area (Å²) in [7, 11) is 0. The maximum atomic E-state index is 10.6. The van der Waals surface area contributed by atoms with E-state index in [4.69, 9.17) is 11.6 Å². The molecule has 0 unspecified atom stereocenters. The molecule has 106 valence electrons. The third-order valence-corrected chi connectivity index (χ3v) is 3.19. The minimum absolute atomic E-state index is 0.000609. The van der Waals surface area contributed by atoms with Crippen LogP contribution in [0.4, 0.5) is 11.4 Å². The van der Waals surface area contributed by atoms with E-state index < -0.39 is 4.92 Å². The van der Waals surface area contributed by atoms with Crippen LogP contribution in [0.25, 0.3) is 0 Å². The number of anilines is 1. The number of aromatic nitrogens is 2. The van der Waals surface area contributed by atoms with Crippen molar-refractivity contribution in [1.29, 1.82) is 0 Å². The normalized spacial score (nSPS) is 10.4. The lowest BCUT2D eigenvalue weighted by molar-refractivity contribution is -0.384. The van der Waals surface area contributed by atoms with Crippen LogP contribution in [-0.2, 0) is 6.54 Å². The van der Waals surface area contributed by atoms with Gasteiger partial charge in [-0.05, 0) is 18.9 Å². The fourth-order valence-electron chi connectivity index (χ4n) is 1.82. The second-order valence-electron chi connectivity index (χ2n) is 4.36.